The van der Waals surface area contributed by atoms with Gasteiger partial charge in [-0.1, -0.05) is 13.8 Å². The molecule has 0 radical (unpaired) electrons. The number of nitrogens with one attached hydrogen (secondary N) is 1. The number of hydrogen-bond acceptors (Lipinski definition) is 3. The predicted octanol–water partition coefficient (Wildman–Crippen LogP) is 4.62. The summed E-state index contributed by atoms with van der Waals surface area (Å²) in [7, 11) is 0. The lowest BCUT2D eigenvalue weighted by atomic mass is 10.1. The Morgan fingerprint density at radius 3 is 2.26 bits per heavy atom. The zero-order valence-corrected chi connectivity index (χ0v) is 15.6. The van der Waals surface area contributed by atoms with Crippen LogP contribution >= 0.6 is 0 Å². The molecule has 1 N–H and O–H groups in total. The van der Waals surface area contributed by atoms with E-state index in [2.05, 4.69) is 19.2 Å². The third kappa shape index (κ3) is 5.54. The molecule has 23 heavy (non-hydrogen) atoms. The van der Waals surface area contributed by atoms with E-state index in [0.717, 1.165) is 35.4 Å². The van der Waals surface area contributed by atoms with Gasteiger partial charge in [0.25, 0.3) is 5.91 Å². The fourth-order valence-electron chi connectivity index (χ4n) is 2.20. The van der Waals surface area contributed by atoms with Gasteiger partial charge in [0.15, 0.2) is 0 Å². The molecule has 0 saturated heterocycles. The van der Waals surface area contributed by atoms with Crippen LogP contribution in [0.25, 0.3) is 0 Å². The molecule has 4 nitrogen and oxygen atoms in total. The molecule has 130 valence electrons. The molecule has 0 aromatic heterocycles. The zero-order chi connectivity index (χ0) is 17.6. The van der Waals surface area contributed by atoms with Crippen LogP contribution in [0.1, 0.15) is 58.6 Å². The molecular formula is C19H31NO3. The maximum atomic E-state index is 12.4. The fourth-order valence-corrected chi connectivity index (χ4v) is 2.20. The van der Waals surface area contributed by atoms with Gasteiger partial charge >= 0.3 is 0 Å². The van der Waals surface area contributed by atoms with Crippen LogP contribution < -0.4 is 10.1 Å². The number of benzene rings is 1. The third-order valence-electron chi connectivity index (χ3n) is 3.83. The Morgan fingerprint density at radius 1 is 1.22 bits per heavy atom. The van der Waals surface area contributed by atoms with E-state index in [1.54, 1.807) is 13.8 Å². The van der Waals surface area contributed by atoms with Gasteiger partial charge in [0, 0.05) is 12.3 Å². The summed E-state index contributed by atoms with van der Waals surface area (Å²) >= 11 is 0. The average Bonchev–Trinajstić information content (AvgIpc) is 2.48. The molecule has 0 aliphatic heterocycles. The van der Waals surface area contributed by atoms with Crippen molar-refractivity contribution in [1.82, 2.24) is 0 Å². The Morgan fingerprint density at radius 2 is 1.78 bits per heavy atom. The predicted molar refractivity (Wildman–Crippen MR) is 95.2 cm³/mol. The standard InChI is InChI=1S/C19H31NO3/c1-8-10-22-19(6,7)18(21)20-16-11-13(3)17(14(4)12-16)23-15(5)9-2/h11-12,15H,8-10H2,1-7H3,(H,20,21)/t15-/m1/s1. The Hall–Kier alpha value is -1.55. The highest BCUT2D eigenvalue weighted by Gasteiger charge is 2.28. The topological polar surface area (TPSA) is 47.6 Å². The van der Waals surface area contributed by atoms with Crippen LogP contribution in [0.3, 0.4) is 0 Å². The fraction of sp³-hybridized carbons (Fsp3) is 0.632. The molecule has 0 aliphatic carbocycles. The van der Waals surface area contributed by atoms with Gasteiger partial charge in [-0.2, -0.15) is 0 Å². The van der Waals surface area contributed by atoms with Gasteiger partial charge in [-0.15, -0.1) is 0 Å². The first kappa shape index (κ1) is 19.5. The Bertz CT molecular complexity index is 514. The molecule has 0 aliphatic rings. The Balaban J connectivity index is 2.88. The van der Waals surface area contributed by atoms with Gasteiger partial charge in [0.1, 0.15) is 11.4 Å². The SMILES string of the molecule is CCCOC(C)(C)C(=O)Nc1cc(C)c(O[C@H](C)CC)c(C)c1. The molecule has 4 heteroatoms. The van der Waals surface area contributed by atoms with Crippen LogP contribution in [-0.2, 0) is 9.53 Å². The van der Waals surface area contributed by atoms with Crippen molar-refractivity contribution in [3.8, 4) is 5.75 Å². The van der Waals surface area contributed by atoms with Gasteiger partial charge in [0.2, 0.25) is 0 Å². The summed E-state index contributed by atoms with van der Waals surface area (Å²) < 4.78 is 11.6. The number of rotatable bonds is 8. The number of amides is 1. The van der Waals surface area contributed by atoms with Crippen LogP contribution in [0.15, 0.2) is 12.1 Å². The van der Waals surface area contributed by atoms with Gasteiger partial charge in [-0.3, -0.25) is 4.79 Å². The van der Waals surface area contributed by atoms with E-state index >= 15 is 0 Å². The van der Waals surface area contributed by atoms with Crippen LogP contribution in [-0.4, -0.2) is 24.2 Å². The largest absolute Gasteiger partial charge is 0.490 e. The minimum Gasteiger partial charge on any atom is -0.490 e. The minimum atomic E-state index is -0.844. The van der Waals surface area contributed by atoms with E-state index in [-0.39, 0.29) is 12.0 Å². The van der Waals surface area contributed by atoms with Crippen molar-refractivity contribution >= 4 is 11.6 Å². The monoisotopic (exact) mass is 321 g/mol. The van der Waals surface area contributed by atoms with E-state index in [9.17, 15) is 4.79 Å². The number of aryl methyl sites for hydroxylation is 2. The van der Waals surface area contributed by atoms with Crippen molar-refractivity contribution in [2.45, 2.75) is 73.0 Å². The van der Waals surface area contributed by atoms with Crippen molar-refractivity contribution in [1.29, 1.82) is 0 Å². The number of carbonyl (C=O) groups excluding carboxylic acids is 1. The van der Waals surface area contributed by atoms with Crippen LogP contribution in [0.5, 0.6) is 5.75 Å². The molecule has 1 amide bonds. The normalized spacial score (nSPS) is 12.8. The number of anilines is 1. The van der Waals surface area contributed by atoms with E-state index in [4.69, 9.17) is 9.47 Å². The molecule has 1 rings (SSSR count). The van der Waals surface area contributed by atoms with Crippen molar-refractivity contribution in [2.75, 3.05) is 11.9 Å². The third-order valence-corrected chi connectivity index (χ3v) is 3.83. The second kappa shape index (κ2) is 8.34. The van der Waals surface area contributed by atoms with Gasteiger partial charge in [-0.25, -0.2) is 0 Å². The molecule has 1 aromatic rings. The number of hydrogen-bond donors (Lipinski definition) is 1. The summed E-state index contributed by atoms with van der Waals surface area (Å²) in [6.45, 7) is 14.3. The molecule has 1 aromatic carbocycles. The lowest BCUT2D eigenvalue weighted by Crippen LogP contribution is -2.40. The second-order valence-corrected chi connectivity index (χ2v) is 6.59. The van der Waals surface area contributed by atoms with Crippen molar-refractivity contribution in [3.63, 3.8) is 0 Å². The maximum Gasteiger partial charge on any atom is 0.256 e. The van der Waals surface area contributed by atoms with Crippen molar-refractivity contribution in [3.05, 3.63) is 23.3 Å². The highest BCUT2D eigenvalue weighted by Crippen LogP contribution is 2.29. The lowest BCUT2D eigenvalue weighted by Gasteiger charge is -2.24. The maximum absolute atomic E-state index is 12.4. The van der Waals surface area contributed by atoms with Gasteiger partial charge < -0.3 is 14.8 Å². The average molecular weight is 321 g/mol. The Kier molecular flexibility index (Phi) is 7.07. The highest BCUT2D eigenvalue weighted by molar-refractivity contribution is 5.97. The van der Waals surface area contributed by atoms with E-state index in [0.29, 0.717) is 6.61 Å². The smallest absolute Gasteiger partial charge is 0.256 e. The molecular weight excluding hydrogens is 290 g/mol. The highest BCUT2D eigenvalue weighted by atomic mass is 16.5. The molecule has 0 bridgehead atoms. The van der Waals surface area contributed by atoms with Crippen LogP contribution in [0.4, 0.5) is 5.69 Å². The Labute approximate surface area is 140 Å². The second-order valence-electron chi connectivity index (χ2n) is 6.59. The quantitative estimate of drug-likeness (QED) is 0.759. The van der Waals surface area contributed by atoms with Gasteiger partial charge in [-0.05, 0) is 70.7 Å². The van der Waals surface area contributed by atoms with Crippen LogP contribution in [0, 0.1) is 13.8 Å². The molecule has 0 saturated carbocycles. The summed E-state index contributed by atoms with van der Waals surface area (Å²) in [5.41, 5.74) is 1.97. The first-order chi connectivity index (χ1) is 10.7. The first-order valence-electron chi connectivity index (χ1n) is 8.44. The summed E-state index contributed by atoms with van der Waals surface area (Å²) in [4.78, 5) is 12.4. The summed E-state index contributed by atoms with van der Waals surface area (Å²) in [5.74, 6) is 0.763. The van der Waals surface area contributed by atoms with E-state index in [1.807, 2.05) is 32.9 Å². The number of carbonyl (C=O) groups is 1. The molecule has 0 unspecified atom stereocenters. The van der Waals surface area contributed by atoms with Crippen molar-refractivity contribution < 1.29 is 14.3 Å². The molecule has 0 fully saturated rings. The van der Waals surface area contributed by atoms with Crippen molar-refractivity contribution in [2.24, 2.45) is 0 Å². The zero-order valence-electron chi connectivity index (χ0n) is 15.6. The summed E-state index contributed by atoms with van der Waals surface area (Å²) in [5, 5.41) is 2.95. The van der Waals surface area contributed by atoms with Gasteiger partial charge in [0.05, 0.1) is 6.10 Å². The lowest BCUT2D eigenvalue weighted by molar-refractivity contribution is -0.137. The molecule has 0 spiro atoms. The first-order valence-corrected chi connectivity index (χ1v) is 8.44. The molecule has 0 heterocycles. The molecule has 1 atom stereocenters. The minimum absolute atomic E-state index is 0.139. The van der Waals surface area contributed by atoms with E-state index in [1.165, 1.54) is 0 Å². The van der Waals surface area contributed by atoms with Crippen LogP contribution in [0.2, 0.25) is 0 Å². The number of ether oxygens (including phenoxy) is 2. The summed E-state index contributed by atoms with van der Waals surface area (Å²) in [6, 6.07) is 3.89. The van der Waals surface area contributed by atoms with E-state index < -0.39 is 5.60 Å². The summed E-state index contributed by atoms with van der Waals surface area (Å²) in [6.07, 6.45) is 2.02.